The fourth-order valence-corrected chi connectivity index (χ4v) is 4.94. The second-order valence-electron chi connectivity index (χ2n) is 13.1. The van der Waals surface area contributed by atoms with E-state index in [1.807, 2.05) is 27.7 Å². The summed E-state index contributed by atoms with van der Waals surface area (Å²) in [6, 6.07) is 0. The zero-order chi connectivity index (χ0) is 48.2. The van der Waals surface area contributed by atoms with E-state index in [1.165, 1.54) is 0 Å². The van der Waals surface area contributed by atoms with Crippen LogP contribution in [0.15, 0.2) is 0 Å². The summed E-state index contributed by atoms with van der Waals surface area (Å²) >= 11 is 0. The van der Waals surface area contributed by atoms with Gasteiger partial charge in [0.05, 0.1) is 0 Å². The molecule has 63 heavy (non-hydrogen) atoms. The molecule has 0 aliphatic rings. The second-order valence-corrected chi connectivity index (χ2v) is 13.1. The first kappa shape index (κ1) is 73.2. The van der Waals surface area contributed by atoms with Gasteiger partial charge in [-0.3, -0.25) is 57.5 Å². The van der Waals surface area contributed by atoms with Gasteiger partial charge in [0.15, 0.2) is 0 Å². The monoisotopic (exact) mass is 1020 g/mol. The number of carboxylic acids is 12. The number of hydrogen-bond acceptors (Lipinski definition) is 12. The van der Waals surface area contributed by atoms with E-state index in [1.54, 1.807) is 0 Å². The maximum Gasteiger partial charge on any atom is 0.332 e. The molecule has 0 spiro atoms. The average molecular weight is 1020 g/mol. The second kappa shape index (κ2) is 36.2. The standard InChI is InChI=1S/4C9H14O6.3Ti/c4*1-2-3-4-5-9(6(10)11,7(12)13)8(14)15;;;/h4*2-5H2,1H3,(H,10,11)(H,12,13)(H,14,15);;;. The Bertz CT molecular complexity index is 1180. The molecule has 0 aromatic heterocycles. The van der Waals surface area contributed by atoms with Gasteiger partial charge in [-0.2, -0.15) is 0 Å². The van der Waals surface area contributed by atoms with Crippen LogP contribution in [0.2, 0.25) is 0 Å². The third-order valence-corrected chi connectivity index (χ3v) is 9.00. The van der Waals surface area contributed by atoms with E-state index in [0.717, 1.165) is 25.7 Å². The van der Waals surface area contributed by atoms with Crippen LogP contribution in [-0.2, 0) is 123 Å². The van der Waals surface area contributed by atoms with Gasteiger partial charge in [-0.05, 0) is 25.7 Å². The summed E-state index contributed by atoms with van der Waals surface area (Å²) in [5.41, 5.74) is -10.8. The molecule has 0 saturated carbocycles. The minimum absolute atomic E-state index is 0. The zero-order valence-electron chi connectivity index (χ0n) is 35.1. The number of carbonyl (C=O) groups is 12. The van der Waals surface area contributed by atoms with Crippen LogP contribution in [-0.4, -0.2) is 133 Å². The molecule has 0 radical (unpaired) electrons. The number of hydrogen-bond donors (Lipinski definition) is 12. The molecular weight excluding hydrogens is 960 g/mol. The molecule has 0 aliphatic carbocycles. The molecule has 24 nitrogen and oxygen atoms in total. The summed E-state index contributed by atoms with van der Waals surface area (Å²) in [5.74, 6) is -21.8. The molecule has 0 aromatic carbocycles. The normalized spacial score (nSPS) is 10.5. The minimum Gasteiger partial charge on any atom is -0.480 e. The van der Waals surface area contributed by atoms with Gasteiger partial charge in [0.1, 0.15) is 0 Å². The molecule has 0 heterocycles. The van der Waals surface area contributed by atoms with Crippen molar-refractivity contribution in [3.05, 3.63) is 0 Å². The Kier molecular flexibility index (Phi) is 42.0. The molecule has 0 bridgehead atoms. The van der Waals surface area contributed by atoms with Crippen molar-refractivity contribution in [2.75, 3.05) is 0 Å². The Morgan fingerprint density at radius 3 is 0.397 bits per heavy atom. The molecular formula is C36H56O24Ti3. The third-order valence-electron chi connectivity index (χ3n) is 9.00. The summed E-state index contributed by atoms with van der Waals surface area (Å²) < 4.78 is 0. The van der Waals surface area contributed by atoms with Crippen LogP contribution >= 0.6 is 0 Å². The minimum atomic E-state index is -2.70. The molecule has 0 unspecified atom stereocenters. The van der Waals surface area contributed by atoms with Crippen LogP contribution < -0.4 is 0 Å². The van der Waals surface area contributed by atoms with Crippen LogP contribution in [0.3, 0.4) is 0 Å². The fraction of sp³-hybridized carbons (Fsp3) is 0.667. The van der Waals surface area contributed by atoms with E-state index in [2.05, 4.69) is 0 Å². The summed E-state index contributed by atoms with van der Waals surface area (Å²) in [6.07, 6.45) is 4.97. The van der Waals surface area contributed by atoms with Crippen molar-refractivity contribution in [3.63, 3.8) is 0 Å². The van der Waals surface area contributed by atoms with E-state index in [4.69, 9.17) is 61.3 Å². The summed E-state index contributed by atoms with van der Waals surface area (Å²) in [4.78, 5) is 129. The Morgan fingerprint density at radius 2 is 0.333 bits per heavy atom. The maximum atomic E-state index is 10.7. The number of rotatable bonds is 28. The number of carboxylic acid groups (broad SMARTS) is 12. The average Bonchev–Trinajstić information content (AvgIpc) is 3.11. The molecule has 0 aliphatic heterocycles. The predicted molar refractivity (Wildman–Crippen MR) is 198 cm³/mol. The first-order chi connectivity index (χ1) is 27.6. The van der Waals surface area contributed by atoms with Gasteiger partial charge in [-0.1, -0.05) is 105 Å². The summed E-state index contributed by atoms with van der Waals surface area (Å²) in [7, 11) is 0. The van der Waals surface area contributed by atoms with E-state index >= 15 is 0 Å². The summed E-state index contributed by atoms with van der Waals surface area (Å²) in [6.45, 7) is 7.40. The van der Waals surface area contributed by atoms with E-state index in [-0.39, 0.29) is 117 Å². The molecule has 0 rings (SSSR count). The van der Waals surface area contributed by atoms with Gasteiger partial charge in [0.25, 0.3) is 21.7 Å². The van der Waals surface area contributed by atoms with E-state index in [9.17, 15) is 57.5 Å². The molecule has 0 amide bonds. The molecule has 12 N–H and O–H groups in total. The first-order valence-corrected chi connectivity index (χ1v) is 18.4. The smallest absolute Gasteiger partial charge is 0.332 e. The Balaban J connectivity index is -0.000000131. The Labute approximate surface area is 405 Å². The predicted octanol–water partition coefficient (Wildman–Crippen LogP) is 3.22. The molecule has 0 atom stereocenters. The molecule has 0 saturated heterocycles. The Hall–Kier alpha value is -4.22. The SMILES string of the molecule is CCCCCC(C(=O)O)(C(=O)O)C(=O)O.CCCCCC(C(=O)O)(C(=O)O)C(=O)O.CCCCCC(C(=O)O)(C(=O)O)C(=O)O.CCCCCC(C(=O)O)(C(=O)O)C(=O)O.[Ti].[Ti].[Ti]. The fourth-order valence-electron chi connectivity index (χ4n) is 4.94. The Morgan fingerprint density at radius 1 is 0.238 bits per heavy atom. The van der Waals surface area contributed by atoms with Crippen molar-refractivity contribution in [3.8, 4) is 0 Å². The third kappa shape index (κ3) is 21.3. The van der Waals surface area contributed by atoms with E-state index < -0.39 is 93.3 Å². The molecule has 0 aromatic rings. The number of unbranched alkanes of at least 4 members (excludes halogenated alkanes) is 8. The first-order valence-electron chi connectivity index (χ1n) is 18.4. The van der Waals surface area contributed by atoms with Crippen LogP contribution in [0.1, 0.15) is 130 Å². The molecule has 356 valence electrons. The largest absolute Gasteiger partial charge is 0.480 e. The van der Waals surface area contributed by atoms with E-state index in [0.29, 0.717) is 25.7 Å². The quantitative estimate of drug-likeness (QED) is 0.0304. The van der Waals surface area contributed by atoms with Gasteiger partial charge in [-0.25, -0.2) is 0 Å². The van der Waals surface area contributed by atoms with Crippen LogP contribution in [0.5, 0.6) is 0 Å². The van der Waals surface area contributed by atoms with Gasteiger partial charge in [0.2, 0.25) is 0 Å². The molecule has 0 fully saturated rings. The topological polar surface area (TPSA) is 448 Å². The van der Waals surface area contributed by atoms with Crippen LogP contribution in [0, 0.1) is 21.7 Å². The van der Waals surface area contributed by atoms with Crippen LogP contribution in [0.4, 0.5) is 0 Å². The molecule has 27 heteroatoms. The van der Waals surface area contributed by atoms with Crippen molar-refractivity contribution in [2.45, 2.75) is 130 Å². The van der Waals surface area contributed by atoms with Crippen molar-refractivity contribution in [1.29, 1.82) is 0 Å². The zero-order valence-corrected chi connectivity index (χ0v) is 39.8. The van der Waals surface area contributed by atoms with Gasteiger partial charge < -0.3 is 61.3 Å². The van der Waals surface area contributed by atoms with Crippen molar-refractivity contribution >= 4 is 71.6 Å². The number of aliphatic carboxylic acids is 12. The van der Waals surface area contributed by atoms with Crippen molar-refractivity contribution in [2.24, 2.45) is 21.7 Å². The van der Waals surface area contributed by atoms with Crippen molar-refractivity contribution in [1.82, 2.24) is 0 Å². The van der Waals surface area contributed by atoms with Gasteiger partial charge in [-0.15, -0.1) is 0 Å². The maximum absolute atomic E-state index is 10.7. The van der Waals surface area contributed by atoms with Gasteiger partial charge in [0, 0.05) is 65.2 Å². The van der Waals surface area contributed by atoms with Crippen molar-refractivity contribution < 1.29 is 184 Å². The van der Waals surface area contributed by atoms with Gasteiger partial charge >= 0.3 is 71.6 Å². The summed E-state index contributed by atoms with van der Waals surface area (Å²) in [5, 5.41) is 104. The van der Waals surface area contributed by atoms with Crippen LogP contribution in [0.25, 0.3) is 0 Å².